The molecular weight excluding hydrogens is 294 g/mol. The molecule has 130 valence electrons. The normalized spacial score (nSPS) is 10.5. The number of carbonyl (C=O) groups is 1. The molecule has 1 aromatic carbocycles. The molecule has 0 aliphatic heterocycles. The molecule has 1 amide bonds. The van der Waals surface area contributed by atoms with E-state index in [-0.39, 0.29) is 11.9 Å². The molecule has 5 heteroatoms. The minimum atomic E-state index is -0.122. The van der Waals surface area contributed by atoms with Crippen LogP contribution in [0.1, 0.15) is 57.8 Å². The molecular formula is C18H29NO4. The Hall–Kier alpha value is -1.91. The van der Waals surface area contributed by atoms with Crippen molar-refractivity contribution < 1.29 is 19.0 Å². The quantitative estimate of drug-likeness (QED) is 0.711. The molecule has 0 spiro atoms. The van der Waals surface area contributed by atoms with E-state index in [1.54, 1.807) is 12.1 Å². The first kappa shape index (κ1) is 19.1. The van der Waals surface area contributed by atoms with Gasteiger partial charge in [0.1, 0.15) is 0 Å². The van der Waals surface area contributed by atoms with Gasteiger partial charge in [-0.3, -0.25) is 4.79 Å². The van der Waals surface area contributed by atoms with Crippen LogP contribution in [0, 0.1) is 0 Å². The minimum absolute atomic E-state index is 0.122. The third-order valence-electron chi connectivity index (χ3n) is 3.49. The van der Waals surface area contributed by atoms with Crippen LogP contribution in [0.15, 0.2) is 12.1 Å². The SMILES string of the molecule is CCOc1cc(C(=O)NC(CC)CC)cc(OCC)c1OCC. The zero-order valence-corrected chi connectivity index (χ0v) is 14.9. The Kier molecular flexibility index (Phi) is 8.30. The summed E-state index contributed by atoms with van der Waals surface area (Å²) in [4.78, 5) is 12.5. The number of hydrogen-bond acceptors (Lipinski definition) is 4. The molecule has 5 nitrogen and oxygen atoms in total. The Balaban J connectivity index is 3.19. The lowest BCUT2D eigenvalue weighted by Crippen LogP contribution is -2.33. The van der Waals surface area contributed by atoms with E-state index < -0.39 is 0 Å². The summed E-state index contributed by atoms with van der Waals surface area (Å²) in [6.07, 6.45) is 1.80. The van der Waals surface area contributed by atoms with E-state index in [9.17, 15) is 4.79 Å². The highest BCUT2D eigenvalue weighted by Gasteiger charge is 2.19. The number of hydrogen-bond donors (Lipinski definition) is 1. The van der Waals surface area contributed by atoms with Crippen LogP contribution in [0.25, 0.3) is 0 Å². The molecule has 0 fully saturated rings. The Morgan fingerprint density at radius 2 is 1.39 bits per heavy atom. The van der Waals surface area contributed by atoms with Crippen molar-refractivity contribution in [2.45, 2.75) is 53.5 Å². The van der Waals surface area contributed by atoms with Gasteiger partial charge in [0.2, 0.25) is 5.75 Å². The molecule has 1 rings (SSSR count). The van der Waals surface area contributed by atoms with Gasteiger partial charge in [-0.1, -0.05) is 13.8 Å². The topological polar surface area (TPSA) is 56.8 Å². The lowest BCUT2D eigenvalue weighted by atomic mass is 10.1. The van der Waals surface area contributed by atoms with Gasteiger partial charge in [-0.25, -0.2) is 0 Å². The molecule has 0 aliphatic carbocycles. The van der Waals surface area contributed by atoms with Gasteiger partial charge < -0.3 is 19.5 Å². The summed E-state index contributed by atoms with van der Waals surface area (Å²) in [5.74, 6) is 1.50. The molecule has 1 N–H and O–H groups in total. The first-order valence-corrected chi connectivity index (χ1v) is 8.48. The largest absolute Gasteiger partial charge is 0.490 e. The number of carbonyl (C=O) groups excluding carboxylic acids is 1. The van der Waals surface area contributed by atoms with Crippen LogP contribution in [0.4, 0.5) is 0 Å². The van der Waals surface area contributed by atoms with Crippen LogP contribution in [-0.2, 0) is 0 Å². The third kappa shape index (κ3) is 5.34. The maximum atomic E-state index is 12.5. The standard InChI is InChI=1S/C18H29NO4/c1-6-14(7-2)19-18(20)13-11-15(21-8-3)17(23-10-5)16(12-13)22-9-4/h11-12,14H,6-10H2,1-5H3,(H,19,20). The number of nitrogens with one attached hydrogen (secondary N) is 1. The van der Waals surface area contributed by atoms with Gasteiger partial charge in [-0.2, -0.15) is 0 Å². The fraction of sp³-hybridized carbons (Fsp3) is 0.611. The summed E-state index contributed by atoms with van der Waals surface area (Å²) in [7, 11) is 0. The number of rotatable bonds is 10. The molecule has 0 saturated heterocycles. The van der Waals surface area contributed by atoms with E-state index in [4.69, 9.17) is 14.2 Å². The molecule has 1 aromatic rings. The lowest BCUT2D eigenvalue weighted by Gasteiger charge is -2.18. The Bertz CT molecular complexity index is 471. The highest BCUT2D eigenvalue weighted by molar-refractivity contribution is 5.95. The predicted octanol–water partition coefficient (Wildman–Crippen LogP) is 3.80. The molecule has 0 heterocycles. The monoisotopic (exact) mass is 323 g/mol. The van der Waals surface area contributed by atoms with Crippen molar-refractivity contribution in [1.29, 1.82) is 0 Å². The molecule has 0 aromatic heterocycles. The summed E-state index contributed by atoms with van der Waals surface area (Å²) in [5, 5.41) is 3.03. The van der Waals surface area contributed by atoms with E-state index in [0.717, 1.165) is 12.8 Å². The average molecular weight is 323 g/mol. The predicted molar refractivity (Wildman–Crippen MR) is 91.8 cm³/mol. The van der Waals surface area contributed by atoms with Crippen molar-refractivity contribution in [3.8, 4) is 17.2 Å². The van der Waals surface area contributed by atoms with E-state index >= 15 is 0 Å². The summed E-state index contributed by atoms with van der Waals surface area (Å²) in [6.45, 7) is 11.3. The van der Waals surface area contributed by atoms with Crippen molar-refractivity contribution >= 4 is 5.91 Å². The highest BCUT2D eigenvalue weighted by Crippen LogP contribution is 2.39. The van der Waals surface area contributed by atoms with Crippen molar-refractivity contribution in [1.82, 2.24) is 5.32 Å². The molecule has 23 heavy (non-hydrogen) atoms. The zero-order valence-electron chi connectivity index (χ0n) is 14.9. The third-order valence-corrected chi connectivity index (χ3v) is 3.49. The first-order chi connectivity index (χ1) is 11.1. The maximum Gasteiger partial charge on any atom is 0.251 e. The second kappa shape index (κ2) is 9.98. The molecule has 0 unspecified atom stereocenters. The van der Waals surface area contributed by atoms with E-state index in [1.807, 2.05) is 20.8 Å². The van der Waals surface area contributed by atoms with Crippen molar-refractivity contribution in [3.63, 3.8) is 0 Å². The molecule has 0 bridgehead atoms. The van der Waals surface area contributed by atoms with Gasteiger partial charge in [-0.05, 0) is 45.7 Å². The van der Waals surface area contributed by atoms with Gasteiger partial charge >= 0.3 is 0 Å². The van der Waals surface area contributed by atoms with Crippen molar-refractivity contribution in [3.05, 3.63) is 17.7 Å². The van der Waals surface area contributed by atoms with Gasteiger partial charge in [0.05, 0.1) is 19.8 Å². The van der Waals surface area contributed by atoms with E-state index in [2.05, 4.69) is 19.2 Å². The number of amides is 1. The van der Waals surface area contributed by atoms with Crippen LogP contribution in [0.5, 0.6) is 17.2 Å². The van der Waals surface area contributed by atoms with Gasteiger partial charge in [0, 0.05) is 11.6 Å². The van der Waals surface area contributed by atoms with Gasteiger partial charge in [0.25, 0.3) is 5.91 Å². The summed E-state index contributed by atoms with van der Waals surface area (Å²) in [5.41, 5.74) is 0.521. The van der Waals surface area contributed by atoms with Crippen LogP contribution >= 0.6 is 0 Å². The van der Waals surface area contributed by atoms with Crippen LogP contribution in [0.2, 0.25) is 0 Å². The summed E-state index contributed by atoms with van der Waals surface area (Å²) >= 11 is 0. The average Bonchev–Trinajstić information content (AvgIpc) is 2.55. The second-order valence-electron chi connectivity index (χ2n) is 5.09. The van der Waals surface area contributed by atoms with E-state index in [0.29, 0.717) is 42.6 Å². The molecule has 0 aliphatic rings. The van der Waals surface area contributed by atoms with Gasteiger partial charge in [-0.15, -0.1) is 0 Å². The second-order valence-corrected chi connectivity index (χ2v) is 5.09. The molecule has 0 radical (unpaired) electrons. The van der Waals surface area contributed by atoms with Crippen LogP contribution in [-0.4, -0.2) is 31.8 Å². The molecule has 0 atom stereocenters. The number of ether oxygens (including phenoxy) is 3. The number of benzene rings is 1. The van der Waals surface area contributed by atoms with Crippen molar-refractivity contribution in [2.24, 2.45) is 0 Å². The van der Waals surface area contributed by atoms with Crippen molar-refractivity contribution in [2.75, 3.05) is 19.8 Å². The highest BCUT2D eigenvalue weighted by atomic mass is 16.5. The summed E-state index contributed by atoms with van der Waals surface area (Å²) in [6, 6.07) is 3.60. The fourth-order valence-corrected chi connectivity index (χ4v) is 2.28. The first-order valence-electron chi connectivity index (χ1n) is 8.48. The maximum absolute atomic E-state index is 12.5. The van der Waals surface area contributed by atoms with Crippen LogP contribution < -0.4 is 19.5 Å². The molecule has 0 saturated carbocycles. The minimum Gasteiger partial charge on any atom is -0.490 e. The smallest absolute Gasteiger partial charge is 0.251 e. The summed E-state index contributed by atoms with van der Waals surface area (Å²) < 4.78 is 16.9. The lowest BCUT2D eigenvalue weighted by molar-refractivity contribution is 0.0933. The van der Waals surface area contributed by atoms with Gasteiger partial charge in [0.15, 0.2) is 11.5 Å². The Labute approximate surface area is 139 Å². The Morgan fingerprint density at radius 1 is 0.913 bits per heavy atom. The zero-order chi connectivity index (χ0) is 17.2. The van der Waals surface area contributed by atoms with E-state index in [1.165, 1.54) is 0 Å². The van der Waals surface area contributed by atoms with Crippen LogP contribution in [0.3, 0.4) is 0 Å². The Morgan fingerprint density at radius 3 is 1.78 bits per heavy atom. The fourth-order valence-electron chi connectivity index (χ4n) is 2.28.